The van der Waals surface area contributed by atoms with Gasteiger partial charge >= 0.3 is 17.9 Å². The van der Waals surface area contributed by atoms with Crippen molar-refractivity contribution < 1.29 is 33.4 Å². The van der Waals surface area contributed by atoms with Crippen molar-refractivity contribution in [2.45, 2.75) is 59.3 Å². The molecule has 0 heterocycles. The maximum Gasteiger partial charge on any atom is 0.311 e. The smallest absolute Gasteiger partial charge is 0.311 e. The zero-order valence-electron chi connectivity index (χ0n) is 15.4. The molecule has 1 aliphatic carbocycles. The van der Waals surface area contributed by atoms with Crippen molar-refractivity contribution in [3.8, 4) is 0 Å². The first-order valence-corrected chi connectivity index (χ1v) is 7.88. The lowest BCUT2D eigenvalue weighted by atomic mass is 9.95. The minimum Gasteiger partial charge on any atom is -0.461 e. The number of rotatable bonds is 5. The predicted octanol–water partition coefficient (Wildman–Crippen LogP) is 0.884. The van der Waals surface area contributed by atoms with Gasteiger partial charge in [0.25, 0.3) is 0 Å². The highest BCUT2D eigenvalue weighted by Gasteiger charge is 2.51. The summed E-state index contributed by atoms with van der Waals surface area (Å²) in [5.41, 5.74) is -2.21. The Hall–Kier alpha value is -2.38. The highest BCUT2D eigenvalue weighted by Crippen LogP contribution is 2.31. The maximum absolute atomic E-state index is 12.1. The van der Waals surface area contributed by atoms with Crippen LogP contribution in [0.1, 0.15) is 41.5 Å². The SMILES string of the molecule is CC(=O)N[C@H]1[C@H](OC(C)=O)C=C[C@]1(COC(=O)C(C)(C)C)OC(C)=O. The van der Waals surface area contributed by atoms with Gasteiger partial charge in [-0.15, -0.1) is 0 Å². The molecule has 0 saturated carbocycles. The predicted molar refractivity (Wildman–Crippen MR) is 87.2 cm³/mol. The van der Waals surface area contributed by atoms with Gasteiger partial charge in [0.1, 0.15) is 18.8 Å². The van der Waals surface area contributed by atoms with E-state index in [1.165, 1.54) is 32.9 Å². The summed E-state index contributed by atoms with van der Waals surface area (Å²) in [6.45, 7) is 8.45. The molecule has 0 aromatic rings. The molecule has 0 unspecified atom stereocenters. The van der Waals surface area contributed by atoms with E-state index in [4.69, 9.17) is 14.2 Å². The summed E-state index contributed by atoms with van der Waals surface area (Å²) < 4.78 is 15.8. The second kappa shape index (κ2) is 7.67. The van der Waals surface area contributed by atoms with Gasteiger partial charge in [-0.25, -0.2) is 0 Å². The number of nitrogens with one attached hydrogen (secondary N) is 1. The first-order valence-electron chi connectivity index (χ1n) is 7.88. The normalized spacial score (nSPS) is 25.2. The molecule has 1 N–H and O–H groups in total. The fourth-order valence-electron chi connectivity index (χ4n) is 2.40. The molecular weight excluding hydrogens is 330 g/mol. The number of amides is 1. The van der Waals surface area contributed by atoms with E-state index in [2.05, 4.69) is 5.32 Å². The standard InChI is InChI=1S/C17H25NO7/c1-10(19)18-14-13(24-11(2)20)7-8-17(14,25-12(3)21)9-23-15(22)16(4,5)6/h7-8,13-14H,9H2,1-6H3,(H,18,19)/t13-,14+,17-/m1/s1. The van der Waals surface area contributed by atoms with Crippen LogP contribution in [0.2, 0.25) is 0 Å². The lowest BCUT2D eigenvalue weighted by Crippen LogP contribution is -2.59. The summed E-state index contributed by atoms with van der Waals surface area (Å²) in [5.74, 6) is -2.10. The van der Waals surface area contributed by atoms with Gasteiger partial charge < -0.3 is 19.5 Å². The first-order chi connectivity index (χ1) is 11.4. The van der Waals surface area contributed by atoms with Crippen LogP contribution in [0.5, 0.6) is 0 Å². The number of esters is 3. The van der Waals surface area contributed by atoms with Crippen molar-refractivity contribution in [3.63, 3.8) is 0 Å². The minimum atomic E-state index is -1.46. The highest BCUT2D eigenvalue weighted by atomic mass is 16.6. The quantitative estimate of drug-likeness (QED) is 0.443. The van der Waals surface area contributed by atoms with Gasteiger partial charge in [0, 0.05) is 20.8 Å². The van der Waals surface area contributed by atoms with E-state index in [1.807, 2.05) is 0 Å². The van der Waals surface area contributed by atoms with E-state index < -0.39 is 47.0 Å². The summed E-state index contributed by atoms with van der Waals surface area (Å²) in [4.78, 5) is 46.5. The summed E-state index contributed by atoms with van der Waals surface area (Å²) in [5, 5.41) is 2.61. The Labute approximate surface area is 146 Å². The molecule has 1 amide bonds. The van der Waals surface area contributed by atoms with Crippen LogP contribution in [0.15, 0.2) is 12.2 Å². The number of hydrogen-bond donors (Lipinski definition) is 1. The van der Waals surface area contributed by atoms with Gasteiger partial charge in [-0.3, -0.25) is 19.2 Å². The molecule has 8 nitrogen and oxygen atoms in total. The van der Waals surface area contributed by atoms with Crippen LogP contribution in [-0.2, 0) is 33.4 Å². The van der Waals surface area contributed by atoms with Crippen molar-refractivity contribution in [1.82, 2.24) is 5.32 Å². The van der Waals surface area contributed by atoms with E-state index in [0.717, 1.165) is 0 Å². The fourth-order valence-corrected chi connectivity index (χ4v) is 2.40. The van der Waals surface area contributed by atoms with Crippen molar-refractivity contribution in [2.24, 2.45) is 5.41 Å². The Morgan fingerprint density at radius 2 is 1.68 bits per heavy atom. The first kappa shape index (κ1) is 20.7. The molecule has 0 aliphatic heterocycles. The third kappa shape index (κ3) is 5.58. The van der Waals surface area contributed by atoms with Crippen LogP contribution in [0.25, 0.3) is 0 Å². The summed E-state index contributed by atoms with van der Waals surface area (Å²) in [6.07, 6.45) is 2.11. The number of ether oxygens (including phenoxy) is 3. The molecule has 0 aromatic carbocycles. The fraction of sp³-hybridized carbons (Fsp3) is 0.647. The average Bonchev–Trinajstić information content (AvgIpc) is 2.72. The van der Waals surface area contributed by atoms with Crippen LogP contribution < -0.4 is 5.32 Å². The molecule has 3 atom stereocenters. The molecule has 25 heavy (non-hydrogen) atoms. The maximum atomic E-state index is 12.1. The molecule has 140 valence electrons. The second-order valence-corrected chi connectivity index (χ2v) is 6.99. The second-order valence-electron chi connectivity index (χ2n) is 6.99. The Morgan fingerprint density at radius 3 is 2.12 bits per heavy atom. The monoisotopic (exact) mass is 355 g/mol. The summed E-state index contributed by atoms with van der Waals surface area (Å²) in [6, 6.07) is -0.912. The zero-order chi connectivity index (χ0) is 19.4. The highest BCUT2D eigenvalue weighted by molar-refractivity contribution is 5.76. The Kier molecular flexibility index (Phi) is 6.34. The van der Waals surface area contributed by atoms with E-state index in [9.17, 15) is 19.2 Å². The molecule has 0 saturated heterocycles. The van der Waals surface area contributed by atoms with Gasteiger partial charge in [-0.2, -0.15) is 0 Å². The van der Waals surface area contributed by atoms with E-state index in [1.54, 1.807) is 20.8 Å². The average molecular weight is 355 g/mol. The molecule has 1 rings (SSSR count). The zero-order valence-corrected chi connectivity index (χ0v) is 15.4. The van der Waals surface area contributed by atoms with Crippen LogP contribution in [0.4, 0.5) is 0 Å². The Bertz CT molecular complexity index is 590. The van der Waals surface area contributed by atoms with Crippen LogP contribution in [-0.4, -0.2) is 48.2 Å². The van der Waals surface area contributed by atoms with Crippen molar-refractivity contribution in [1.29, 1.82) is 0 Å². The Morgan fingerprint density at radius 1 is 1.08 bits per heavy atom. The lowest BCUT2D eigenvalue weighted by molar-refractivity contribution is -0.175. The van der Waals surface area contributed by atoms with Crippen molar-refractivity contribution >= 4 is 23.8 Å². The lowest BCUT2D eigenvalue weighted by Gasteiger charge is -2.36. The molecule has 8 heteroatoms. The van der Waals surface area contributed by atoms with E-state index in [0.29, 0.717) is 0 Å². The van der Waals surface area contributed by atoms with Gasteiger partial charge in [0.15, 0.2) is 5.60 Å². The van der Waals surface area contributed by atoms with E-state index >= 15 is 0 Å². The molecule has 0 radical (unpaired) electrons. The van der Waals surface area contributed by atoms with Gasteiger partial charge in [0.05, 0.1) is 5.41 Å². The molecule has 0 spiro atoms. The third-order valence-electron chi connectivity index (χ3n) is 3.46. The third-order valence-corrected chi connectivity index (χ3v) is 3.46. The number of carbonyl (C=O) groups excluding carboxylic acids is 4. The summed E-state index contributed by atoms with van der Waals surface area (Å²) in [7, 11) is 0. The van der Waals surface area contributed by atoms with Crippen LogP contribution in [0, 0.1) is 5.41 Å². The number of carbonyl (C=O) groups is 4. The topological polar surface area (TPSA) is 108 Å². The summed E-state index contributed by atoms with van der Waals surface area (Å²) >= 11 is 0. The molecule has 0 fully saturated rings. The van der Waals surface area contributed by atoms with Crippen LogP contribution in [0.3, 0.4) is 0 Å². The van der Waals surface area contributed by atoms with Gasteiger partial charge in [-0.05, 0) is 32.9 Å². The molecule has 1 aliphatic rings. The van der Waals surface area contributed by atoms with Crippen molar-refractivity contribution in [2.75, 3.05) is 6.61 Å². The molecule has 0 aromatic heterocycles. The molecular formula is C17H25NO7. The Balaban J connectivity index is 3.13. The molecule has 0 bridgehead atoms. The number of hydrogen-bond acceptors (Lipinski definition) is 7. The minimum absolute atomic E-state index is 0.318. The largest absolute Gasteiger partial charge is 0.461 e. The van der Waals surface area contributed by atoms with Gasteiger partial charge in [0.2, 0.25) is 5.91 Å². The van der Waals surface area contributed by atoms with Crippen molar-refractivity contribution in [3.05, 3.63) is 12.2 Å². The van der Waals surface area contributed by atoms with Gasteiger partial charge in [-0.1, -0.05) is 0 Å². The van der Waals surface area contributed by atoms with Crippen LogP contribution >= 0.6 is 0 Å². The van der Waals surface area contributed by atoms with E-state index in [-0.39, 0.29) is 6.61 Å².